The largest absolute Gasteiger partial charge is 0.464 e. The minimum absolute atomic E-state index is 0.0402. The number of nitrogens with one attached hydrogen (secondary N) is 1. The molecule has 1 aromatic carbocycles. The highest BCUT2D eigenvalue weighted by atomic mass is 16.3. The summed E-state index contributed by atoms with van der Waals surface area (Å²) < 4.78 is 5.61. The van der Waals surface area contributed by atoms with Crippen LogP contribution in [0.2, 0.25) is 0 Å². The van der Waals surface area contributed by atoms with Crippen LogP contribution in [0.4, 0.5) is 0 Å². The van der Waals surface area contributed by atoms with Crippen LogP contribution in [0.3, 0.4) is 0 Å². The molecule has 2 bridgehead atoms. The quantitative estimate of drug-likeness (QED) is 0.934. The SMILES string of the molecule is CC(C)c1coc2ccc(C(=O)NC3C4CCN(CC4)C3C)cc12. The molecule has 4 heterocycles. The van der Waals surface area contributed by atoms with E-state index in [4.69, 9.17) is 4.42 Å². The van der Waals surface area contributed by atoms with Crippen LogP contribution in [0.15, 0.2) is 28.9 Å². The molecule has 2 atom stereocenters. The number of hydrogen-bond acceptors (Lipinski definition) is 3. The molecule has 1 aromatic heterocycles. The number of rotatable bonds is 3. The molecule has 2 unspecified atom stereocenters. The number of amides is 1. The van der Waals surface area contributed by atoms with Crippen LogP contribution in [0.5, 0.6) is 0 Å². The van der Waals surface area contributed by atoms with Crippen molar-refractivity contribution in [2.45, 2.75) is 51.6 Å². The van der Waals surface area contributed by atoms with Gasteiger partial charge in [-0.2, -0.15) is 0 Å². The number of benzene rings is 1. The molecule has 0 radical (unpaired) electrons. The Balaban J connectivity index is 1.58. The van der Waals surface area contributed by atoms with Crippen LogP contribution in [-0.4, -0.2) is 36.0 Å². The predicted molar refractivity (Wildman–Crippen MR) is 95.3 cm³/mol. The molecule has 2 aromatic rings. The van der Waals surface area contributed by atoms with Crippen molar-refractivity contribution < 1.29 is 9.21 Å². The second-order valence-corrected chi connectivity index (χ2v) is 7.67. The lowest BCUT2D eigenvalue weighted by Gasteiger charge is -2.49. The van der Waals surface area contributed by atoms with Crippen molar-refractivity contribution >= 4 is 16.9 Å². The van der Waals surface area contributed by atoms with Gasteiger partial charge >= 0.3 is 0 Å². The van der Waals surface area contributed by atoms with Crippen LogP contribution in [0.25, 0.3) is 11.0 Å². The Kier molecular flexibility index (Phi) is 3.87. The third kappa shape index (κ3) is 2.53. The Morgan fingerprint density at radius 3 is 2.71 bits per heavy atom. The van der Waals surface area contributed by atoms with Gasteiger partial charge in [0.1, 0.15) is 5.58 Å². The summed E-state index contributed by atoms with van der Waals surface area (Å²) in [5, 5.41) is 4.37. The summed E-state index contributed by atoms with van der Waals surface area (Å²) in [6.07, 6.45) is 4.22. The zero-order valence-electron chi connectivity index (χ0n) is 14.7. The Bertz CT molecular complexity index is 754. The van der Waals surface area contributed by atoms with E-state index >= 15 is 0 Å². The average molecular weight is 326 g/mol. The van der Waals surface area contributed by atoms with Gasteiger partial charge < -0.3 is 9.73 Å². The van der Waals surface area contributed by atoms with Gasteiger partial charge in [0.25, 0.3) is 5.91 Å². The van der Waals surface area contributed by atoms with Crippen LogP contribution in [-0.2, 0) is 0 Å². The van der Waals surface area contributed by atoms with Gasteiger partial charge in [0.05, 0.1) is 6.26 Å². The first-order valence-corrected chi connectivity index (χ1v) is 9.10. The lowest BCUT2D eigenvalue weighted by atomic mass is 9.79. The van der Waals surface area contributed by atoms with E-state index in [9.17, 15) is 4.79 Å². The number of furan rings is 1. The molecule has 0 spiro atoms. The molecule has 3 fully saturated rings. The van der Waals surface area contributed by atoms with E-state index in [1.54, 1.807) is 0 Å². The number of nitrogens with zero attached hydrogens (tertiary/aromatic N) is 1. The fraction of sp³-hybridized carbons (Fsp3) is 0.550. The molecule has 4 nitrogen and oxygen atoms in total. The molecule has 24 heavy (non-hydrogen) atoms. The molecule has 128 valence electrons. The second kappa shape index (κ2) is 5.92. The van der Waals surface area contributed by atoms with E-state index in [-0.39, 0.29) is 11.9 Å². The first kappa shape index (κ1) is 15.7. The van der Waals surface area contributed by atoms with Crippen molar-refractivity contribution in [2.75, 3.05) is 13.1 Å². The fourth-order valence-corrected chi connectivity index (χ4v) is 4.42. The van der Waals surface area contributed by atoms with Crippen molar-refractivity contribution in [3.05, 3.63) is 35.6 Å². The Morgan fingerprint density at radius 1 is 1.29 bits per heavy atom. The van der Waals surface area contributed by atoms with Crippen molar-refractivity contribution in [1.29, 1.82) is 0 Å². The van der Waals surface area contributed by atoms with E-state index in [1.165, 1.54) is 25.9 Å². The summed E-state index contributed by atoms with van der Waals surface area (Å²) in [4.78, 5) is 15.3. The summed E-state index contributed by atoms with van der Waals surface area (Å²) >= 11 is 0. The number of carbonyl (C=O) groups is 1. The van der Waals surface area contributed by atoms with Gasteiger partial charge in [0.2, 0.25) is 0 Å². The highest BCUT2D eigenvalue weighted by Gasteiger charge is 2.40. The zero-order valence-corrected chi connectivity index (χ0v) is 14.7. The maximum atomic E-state index is 12.8. The van der Waals surface area contributed by atoms with Crippen molar-refractivity contribution in [3.63, 3.8) is 0 Å². The van der Waals surface area contributed by atoms with E-state index in [0.717, 1.165) is 22.1 Å². The van der Waals surface area contributed by atoms with Crippen molar-refractivity contribution in [3.8, 4) is 0 Å². The standard InChI is InChI=1S/C20H26N2O2/c1-12(2)17-11-24-18-5-4-15(10-16(17)18)20(23)21-19-13(3)22-8-6-14(19)7-9-22/h4-5,10-14,19H,6-9H2,1-3H3,(H,21,23). The number of fused-ring (bicyclic) bond motifs is 4. The number of hydrogen-bond donors (Lipinski definition) is 1. The summed E-state index contributed by atoms with van der Waals surface area (Å²) in [7, 11) is 0. The van der Waals surface area contributed by atoms with Crippen LogP contribution in [0, 0.1) is 5.92 Å². The third-order valence-electron chi connectivity index (χ3n) is 5.96. The van der Waals surface area contributed by atoms with Crippen LogP contribution in [0.1, 0.15) is 55.5 Å². The Labute approximate surface area is 143 Å². The molecule has 1 amide bonds. The molecule has 0 aliphatic carbocycles. The Hall–Kier alpha value is -1.81. The lowest BCUT2D eigenvalue weighted by molar-refractivity contribution is 0.0217. The van der Waals surface area contributed by atoms with Gasteiger partial charge in [0, 0.05) is 28.6 Å². The topological polar surface area (TPSA) is 45.5 Å². The number of piperidine rings is 3. The summed E-state index contributed by atoms with van der Waals surface area (Å²) in [5.41, 5.74) is 2.75. The van der Waals surface area contributed by atoms with E-state index in [1.807, 2.05) is 24.5 Å². The highest BCUT2D eigenvalue weighted by Crippen LogP contribution is 2.33. The molecule has 3 saturated heterocycles. The molecular weight excluding hydrogens is 300 g/mol. The average Bonchev–Trinajstić information content (AvgIpc) is 3.01. The maximum absolute atomic E-state index is 12.8. The van der Waals surface area contributed by atoms with Gasteiger partial charge in [-0.3, -0.25) is 9.69 Å². The molecule has 3 aliphatic heterocycles. The molecule has 1 N–H and O–H groups in total. The van der Waals surface area contributed by atoms with Crippen molar-refractivity contribution in [1.82, 2.24) is 10.2 Å². The molecule has 4 heteroatoms. The van der Waals surface area contributed by atoms with Gasteiger partial charge in [0.15, 0.2) is 0 Å². The van der Waals surface area contributed by atoms with Crippen molar-refractivity contribution in [2.24, 2.45) is 5.92 Å². The van der Waals surface area contributed by atoms with E-state index in [2.05, 4.69) is 31.0 Å². The van der Waals surface area contributed by atoms with Gasteiger partial charge in [-0.15, -0.1) is 0 Å². The minimum atomic E-state index is 0.0402. The normalized spacial score (nSPS) is 29.3. The van der Waals surface area contributed by atoms with E-state index in [0.29, 0.717) is 17.9 Å². The minimum Gasteiger partial charge on any atom is -0.464 e. The zero-order chi connectivity index (χ0) is 16.8. The highest BCUT2D eigenvalue weighted by molar-refractivity contribution is 5.98. The number of carbonyl (C=O) groups excluding carboxylic acids is 1. The van der Waals surface area contributed by atoms with Gasteiger partial charge in [-0.25, -0.2) is 0 Å². The smallest absolute Gasteiger partial charge is 0.251 e. The Morgan fingerprint density at radius 2 is 2.04 bits per heavy atom. The lowest BCUT2D eigenvalue weighted by Crippen LogP contribution is -2.62. The fourth-order valence-electron chi connectivity index (χ4n) is 4.42. The van der Waals surface area contributed by atoms with E-state index < -0.39 is 0 Å². The van der Waals surface area contributed by atoms with Crippen LogP contribution < -0.4 is 5.32 Å². The monoisotopic (exact) mass is 326 g/mol. The maximum Gasteiger partial charge on any atom is 0.251 e. The second-order valence-electron chi connectivity index (χ2n) is 7.67. The summed E-state index contributed by atoms with van der Waals surface area (Å²) in [5.74, 6) is 1.04. The molecule has 5 rings (SSSR count). The molecule has 0 saturated carbocycles. The molecule has 3 aliphatic rings. The predicted octanol–water partition coefficient (Wildman–Crippen LogP) is 3.77. The first-order chi connectivity index (χ1) is 11.5. The van der Waals surface area contributed by atoms with Gasteiger partial charge in [-0.05, 0) is 62.9 Å². The first-order valence-electron chi connectivity index (χ1n) is 9.10. The summed E-state index contributed by atoms with van der Waals surface area (Å²) in [6, 6.07) is 6.47. The third-order valence-corrected chi connectivity index (χ3v) is 5.96. The molecular formula is C20H26N2O2. The van der Waals surface area contributed by atoms with Gasteiger partial charge in [-0.1, -0.05) is 13.8 Å². The van der Waals surface area contributed by atoms with Crippen LogP contribution >= 0.6 is 0 Å². The summed E-state index contributed by atoms with van der Waals surface area (Å²) in [6.45, 7) is 8.89.